The second-order valence-electron chi connectivity index (χ2n) is 4.95. The molecule has 3 aromatic rings. The first-order valence-corrected chi connectivity index (χ1v) is 6.85. The smallest absolute Gasteiger partial charge is 0.230 e. The van der Waals surface area contributed by atoms with E-state index in [-0.39, 0.29) is 6.10 Å². The van der Waals surface area contributed by atoms with E-state index in [4.69, 9.17) is 13.9 Å². The zero-order chi connectivity index (χ0) is 14.8. The van der Waals surface area contributed by atoms with E-state index in [2.05, 4.69) is 4.98 Å². The van der Waals surface area contributed by atoms with Crippen LogP contribution in [0, 0.1) is 0 Å². The van der Waals surface area contributed by atoms with Crippen molar-refractivity contribution in [1.29, 1.82) is 0 Å². The number of aliphatic hydroxyl groups excluding tert-OH is 1. The van der Waals surface area contributed by atoms with Gasteiger partial charge in [0.1, 0.15) is 11.5 Å². The molecule has 0 aliphatic rings. The Morgan fingerprint density at radius 1 is 1.29 bits per heavy atom. The summed E-state index contributed by atoms with van der Waals surface area (Å²) >= 11 is 0. The fourth-order valence-electron chi connectivity index (χ4n) is 2.27. The third kappa shape index (κ3) is 2.64. The number of aromatic nitrogens is 1. The highest BCUT2D eigenvalue weighted by molar-refractivity contribution is 5.99. The standard InChI is InChI=1S/C16H17NO4/c1-10(18)5-7-20-11-3-4-12-14(9-11)17-16-13(6-8-21-16)15(12)19-2/h3-4,6,8-10,18H,5,7H2,1-2H3/t10-/m0/s1. The number of ether oxygens (including phenoxy) is 2. The minimum atomic E-state index is -0.369. The Bertz CT molecular complexity index is 763. The third-order valence-corrected chi connectivity index (χ3v) is 3.33. The van der Waals surface area contributed by atoms with E-state index in [0.29, 0.717) is 24.5 Å². The molecule has 0 fully saturated rings. The Labute approximate surface area is 122 Å². The third-order valence-electron chi connectivity index (χ3n) is 3.33. The van der Waals surface area contributed by atoms with Crippen LogP contribution < -0.4 is 9.47 Å². The highest BCUT2D eigenvalue weighted by Gasteiger charge is 2.12. The van der Waals surface area contributed by atoms with Crippen molar-refractivity contribution in [2.24, 2.45) is 0 Å². The topological polar surface area (TPSA) is 64.7 Å². The summed E-state index contributed by atoms with van der Waals surface area (Å²) in [5.74, 6) is 1.46. The van der Waals surface area contributed by atoms with Crippen molar-refractivity contribution >= 4 is 22.0 Å². The SMILES string of the molecule is COc1c2ccc(OCC[C@H](C)O)cc2nc2occc12. The van der Waals surface area contributed by atoms with Crippen molar-refractivity contribution in [2.45, 2.75) is 19.4 Å². The fourth-order valence-corrected chi connectivity index (χ4v) is 2.27. The molecule has 0 amide bonds. The van der Waals surface area contributed by atoms with Crippen LogP contribution in [0.2, 0.25) is 0 Å². The molecule has 0 bridgehead atoms. The predicted octanol–water partition coefficient (Wildman–Crippen LogP) is 3.14. The Kier molecular flexibility index (Phi) is 3.66. The maximum atomic E-state index is 9.24. The lowest BCUT2D eigenvalue weighted by Gasteiger charge is -2.10. The molecular weight excluding hydrogens is 270 g/mol. The van der Waals surface area contributed by atoms with Crippen LogP contribution in [-0.4, -0.2) is 29.9 Å². The van der Waals surface area contributed by atoms with Gasteiger partial charge >= 0.3 is 0 Å². The lowest BCUT2D eigenvalue weighted by Crippen LogP contribution is -2.07. The first-order valence-electron chi connectivity index (χ1n) is 6.85. The lowest BCUT2D eigenvalue weighted by molar-refractivity contribution is 0.155. The predicted molar refractivity (Wildman–Crippen MR) is 79.9 cm³/mol. The summed E-state index contributed by atoms with van der Waals surface area (Å²) in [6.07, 6.45) is 1.82. The molecule has 21 heavy (non-hydrogen) atoms. The molecule has 5 heteroatoms. The highest BCUT2D eigenvalue weighted by atomic mass is 16.5. The van der Waals surface area contributed by atoms with Crippen molar-refractivity contribution in [3.63, 3.8) is 0 Å². The number of hydrogen-bond acceptors (Lipinski definition) is 5. The highest BCUT2D eigenvalue weighted by Crippen LogP contribution is 2.34. The van der Waals surface area contributed by atoms with Crippen molar-refractivity contribution in [1.82, 2.24) is 4.98 Å². The van der Waals surface area contributed by atoms with Crippen LogP contribution in [-0.2, 0) is 0 Å². The number of pyridine rings is 1. The van der Waals surface area contributed by atoms with E-state index in [0.717, 1.165) is 22.0 Å². The average molecular weight is 287 g/mol. The number of benzene rings is 1. The Morgan fingerprint density at radius 3 is 2.90 bits per heavy atom. The molecule has 2 aromatic heterocycles. The van der Waals surface area contributed by atoms with Gasteiger partial charge in [-0.15, -0.1) is 0 Å². The van der Waals surface area contributed by atoms with Gasteiger partial charge in [-0.3, -0.25) is 0 Å². The van der Waals surface area contributed by atoms with Gasteiger partial charge < -0.3 is 19.0 Å². The van der Waals surface area contributed by atoms with Crippen LogP contribution in [0.25, 0.3) is 22.0 Å². The Balaban J connectivity index is 1.99. The molecular formula is C16H17NO4. The molecule has 2 heterocycles. The maximum Gasteiger partial charge on any atom is 0.230 e. The van der Waals surface area contributed by atoms with Crippen LogP contribution in [0.15, 0.2) is 34.9 Å². The molecule has 0 saturated carbocycles. The van der Waals surface area contributed by atoms with Gasteiger partial charge in [0.15, 0.2) is 0 Å². The van der Waals surface area contributed by atoms with Gasteiger partial charge in [-0.05, 0) is 25.1 Å². The summed E-state index contributed by atoms with van der Waals surface area (Å²) in [7, 11) is 1.63. The second-order valence-corrected chi connectivity index (χ2v) is 4.95. The van der Waals surface area contributed by atoms with Crippen LogP contribution in [0.1, 0.15) is 13.3 Å². The molecule has 0 radical (unpaired) electrons. The zero-order valence-electron chi connectivity index (χ0n) is 12.0. The minimum Gasteiger partial charge on any atom is -0.495 e. The summed E-state index contributed by atoms with van der Waals surface area (Å²) in [5, 5.41) is 11.0. The maximum absolute atomic E-state index is 9.24. The number of rotatable bonds is 5. The molecule has 3 rings (SSSR count). The van der Waals surface area contributed by atoms with E-state index in [1.807, 2.05) is 24.3 Å². The first kappa shape index (κ1) is 13.7. The van der Waals surface area contributed by atoms with Gasteiger partial charge in [-0.1, -0.05) is 0 Å². The largest absolute Gasteiger partial charge is 0.495 e. The van der Waals surface area contributed by atoms with Gasteiger partial charge in [0.05, 0.1) is 37.0 Å². The van der Waals surface area contributed by atoms with E-state index in [9.17, 15) is 5.11 Å². The number of methoxy groups -OCH3 is 1. The van der Waals surface area contributed by atoms with Crippen LogP contribution in [0.5, 0.6) is 11.5 Å². The normalized spacial score (nSPS) is 12.7. The van der Waals surface area contributed by atoms with Crippen LogP contribution in [0.4, 0.5) is 0 Å². The summed E-state index contributed by atoms with van der Waals surface area (Å²) in [4.78, 5) is 4.47. The molecule has 0 unspecified atom stereocenters. The van der Waals surface area contributed by atoms with E-state index in [1.165, 1.54) is 0 Å². The summed E-state index contributed by atoms with van der Waals surface area (Å²) < 4.78 is 16.5. The molecule has 0 saturated heterocycles. The van der Waals surface area contributed by atoms with Crippen molar-refractivity contribution in [3.05, 3.63) is 30.5 Å². The van der Waals surface area contributed by atoms with Gasteiger partial charge in [0, 0.05) is 17.9 Å². The zero-order valence-corrected chi connectivity index (χ0v) is 12.0. The number of hydrogen-bond donors (Lipinski definition) is 1. The van der Waals surface area contributed by atoms with Gasteiger partial charge in [0.25, 0.3) is 0 Å². The van der Waals surface area contributed by atoms with Crippen molar-refractivity contribution < 1.29 is 19.0 Å². The summed E-state index contributed by atoms with van der Waals surface area (Å²) in [6, 6.07) is 7.49. The van der Waals surface area contributed by atoms with Crippen molar-refractivity contribution in [2.75, 3.05) is 13.7 Å². The lowest BCUT2D eigenvalue weighted by atomic mass is 10.1. The molecule has 0 aliphatic heterocycles. The average Bonchev–Trinajstić information content (AvgIpc) is 2.92. The molecule has 0 spiro atoms. The summed E-state index contributed by atoms with van der Waals surface area (Å²) in [6.45, 7) is 2.20. The second kappa shape index (κ2) is 5.61. The minimum absolute atomic E-state index is 0.369. The Hall–Kier alpha value is -2.27. The molecule has 110 valence electrons. The van der Waals surface area contributed by atoms with E-state index < -0.39 is 0 Å². The first-order chi connectivity index (χ1) is 10.2. The molecule has 0 aliphatic carbocycles. The Morgan fingerprint density at radius 2 is 2.14 bits per heavy atom. The number of aliphatic hydroxyl groups is 1. The number of furan rings is 1. The van der Waals surface area contributed by atoms with E-state index in [1.54, 1.807) is 20.3 Å². The monoisotopic (exact) mass is 287 g/mol. The molecule has 1 atom stereocenters. The van der Waals surface area contributed by atoms with E-state index >= 15 is 0 Å². The van der Waals surface area contributed by atoms with Gasteiger partial charge in [0.2, 0.25) is 5.71 Å². The molecule has 1 N–H and O–H groups in total. The van der Waals surface area contributed by atoms with Crippen LogP contribution in [0.3, 0.4) is 0 Å². The number of fused-ring (bicyclic) bond motifs is 2. The number of nitrogens with zero attached hydrogens (tertiary/aromatic N) is 1. The molecule has 5 nitrogen and oxygen atoms in total. The molecule has 1 aromatic carbocycles. The van der Waals surface area contributed by atoms with Gasteiger partial charge in [-0.2, -0.15) is 0 Å². The van der Waals surface area contributed by atoms with Gasteiger partial charge in [-0.25, -0.2) is 4.98 Å². The van der Waals surface area contributed by atoms with Crippen molar-refractivity contribution in [3.8, 4) is 11.5 Å². The van der Waals surface area contributed by atoms with Crippen LogP contribution >= 0.6 is 0 Å². The quantitative estimate of drug-likeness (QED) is 0.781. The summed E-state index contributed by atoms with van der Waals surface area (Å²) in [5.41, 5.74) is 1.30. The fraction of sp³-hybridized carbons (Fsp3) is 0.312.